The number of nitrogens with one attached hydrogen (secondary N) is 2. The van der Waals surface area contributed by atoms with Gasteiger partial charge in [0.2, 0.25) is 0 Å². The Bertz CT molecular complexity index is 824. The van der Waals surface area contributed by atoms with E-state index in [9.17, 15) is 22.8 Å². The van der Waals surface area contributed by atoms with E-state index in [-0.39, 0.29) is 19.0 Å². The Morgan fingerprint density at radius 1 is 1.04 bits per heavy atom. The van der Waals surface area contributed by atoms with Crippen LogP contribution in [0.1, 0.15) is 36.8 Å². The summed E-state index contributed by atoms with van der Waals surface area (Å²) in [4.78, 5) is 23.6. The van der Waals surface area contributed by atoms with Crippen molar-refractivity contribution in [3.8, 4) is 5.69 Å². The van der Waals surface area contributed by atoms with E-state index in [0.29, 0.717) is 11.3 Å². The average molecular weight is 398 g/mol. The fraction of sp³-hybridized carbons (Fsp3) is 0.389. The molecule has 0 unspecified atom stereocenters. The van der Waals surface area contributed by atoms with Crippen LogP contribution in [0.3, 0.4) is 0 Å². The molecule has 0 saturated carbocycles. The van der Waals surface area contributed by atoms with Crippen molar-refractivity contribution >= 4 is 12.0 Å². The molecule has 2 N–H and O–H groups in total. The number of alkyl halides is 3. The van der Waals surface area contributed by atoms with Crippen LogP contribution in [0.25, 0.3) is 5.69 Å². The highest BCUT2D eigenvalue weighted by molar-refractivity contribution is 5.94. The van der Waals surface area contributed by atoms with Crippen LogP contribution in [-0.4, -0.2) is 40.5 Å². The monoisotopic (exact) mass is 398 g/mol. The van der Waals surface area contributed by atoms with Crippen molar-refractivity contribution in [2.24, 2.45) is 0 Å². The summed E-state index contributed by atoms with van der Waals surface area (Å²) in [6.07, 6.45) is -3.90. The van der Waals surface area contributed by atoms with Gasteiger partial charge in [0.25, 0.3) is 5.91 Å². The summed E-state index contributed by atoms with van der Waals surface area (Å²) in [5, 5.41) is 8.60. The molecular weight excluding hydrogens is 377 g/mol. The third-order valence-electron chi connectivity index (χ3n) is 3.35. The molecule has 0 saturated heterocycles. The molecule has 1 aromatic carbocycles. The molecule has 0 aliphatic carbocycles. The van der Waals surface area contributed by atoms with Gasteiger partial charge in [-0.2, -0.15) is 18.3 Å². The number of halogens is 3. The summed E-state index contributed by atoms with van der Waals surface area (Å²) in [5.74, 6) is -0.381. The van der Waals surface area contributed by atoms with Gasteiger partial charge in [0, 0.05) is 24.8 Å². The second-order valence-electron chi connectivity index (χ2n) is 6.87. The normalized spacial score (nSPS) is 11.8. The van der Waals surface area contributed by atoms with Gasteiger partial charge in [0.15, 0.2) is 5.69 Å². The lowest BCUT2D eigenvalue weighted by Gasteiger charge is -2.19. The van der Waals surface area contributed by atoms with Gasteiger partial charge in [0.1, 0.15) is 5.60 Å². The lowest BCUT2D eigenvalue weighted by Crippen LogP contribution is -2.37. The van der Waals surface area contributed by atoms with E-state index < -0.39 is 23.6 Å². The second-order valence-corrected chi connectivity index (χ2v) is 6.87. The Hall–Kier alpha value is -3.04. The molecule has 0 bridgehead atoms. The zero-order chi connectivity index (χ0) is 20.9. The van der Waals surface area contributed by atoms with Gasteiger partial charge in [-0.05, 0) is 51.1 Å². The smallest absolute Gasteiger partial charge is 0.435 e. The maximum atomic E-state index is 12.6. The Balaban J connectivity index is 1.85. The maximum Gasteiger partial charge on any atom is 0.435 e. The summed E-state index contributed by atoms with van der Waals surface area (Å²) < 4.78 is 44.0. The molecule has 152 valence electrons. The zero-order valence-electron chi connectivity index (χ0n) is 15.6. The lowest BCUT2D eigenvalue weighted by molar-refractivity contribution is -0.141. The molecule has 0 atom stereocenters. The first kappa shape index (κ1) is 21.3. The molecule has 0 radical (unpaired) electrons. The first-order valence-electron chi connectivity index (χ1n) is 8.44. The topological polar surface area (TPSA) is 85.3 Å². The van der Waals surface area contributed by atoms with Gasteiger partial charge in [-0.1, -0.05) is 0 Å². The highest BCUT2D eigenvalue weighted by Gasteiger charge is 2.33. The van der Waals surface area contributed by atoms with E-state index in [1.54, 1.807) is 20.8 Å². The van der Waals surface area contributed by atoms with Crippen LogP contribution in [-0.2, 0) is 10.9 Å². The number of alkyl carbamates (subject to hydrolysis) is 1. The molecule has 0 fully saturated rings. The van der Waals surface area contributed by atoms with Gasteiger partial charge in [-0.25, -0.2) is 9.48 Å². The average Bonchev–Trinajstić information content (AvgIpc) is 3.07. The molecule has 1 aromatic heterocycles. The van der Waals surface area contributed by atoms with Crippen molar-refractivity contribution in [1.29, 1.82) is 0 Å². The summed E-state index contributed by atoms with van der Waals surface area (Å²) in [6, 6.07) is 6.79. The highest BCUT2D eigenvalue weighted by atomic mass is 19.4. The molecule has 0 aliphatic rings. The molecular formula is C18H21F3N4O3. The van der Waals surface area contributed by atoms with Crippen molar-refractivity contribution in [2.45, 2.75) is 32.5 Å². The molecule has 2 amide bonds. The molecule has 10 heteroatoms. The molecule has 0 spiro atoms. The first-order valence-corrected chi connectivity index (χ1v) is 8.44. The Kier molecular flexibility index (Phi) is 6.32. The number of benzene rings is 1. The fourth-order valence-electron chi connectivity index (χ4n) is 2.14. The highest BCUT2D eigenvalue weighted by Crippen LogP contribution is 2.27. The van der Waals surface area contributed by atoms with Gasteiger partial charge in [-0.15, -0.1) is 0 Å². The Labute approximate surface area is 159 Å². The Morgan fingerprint density at radius 2 is 1.64 bits per heavy atom. The van der Waals surface area contributed by atoms with Crippen molar-refractivity contribution in [3.63, 3.8) is 0 Å². The number of hydrogen-bond acceptors (Lipinski definition) is 4. The quantitative estimate of drug-likeness (QED) is 0.758. The second kappa shape index (κ2) is 8.32. The summed E-state index contributed by atoms with van der Waals surface area (Å²) in [7, 11) is 0. The van der Waals surface area contributed by atoms with Crippen molar-refractivity contribution in [3.05, 3.63) is 47.8 Å². The number of amides is 2. The number of ether oxygens (including phenoxy) is 1. The van der Waals surface area contributed by atoms with Crippen LogP contribution in [0.4, 0.5) is 18.0 Å². The molecule has 1 heterocycles. The summed E-state index contributed by atoms with van der Waals surface area (Å²) in [5.41, 5.74) is -0.889. The van der Waals surface area contributed by atoms with E-state index in [0.717, 1.165) is 10.7 Å². The molecule has 0 aliphatic heterocycles. The largest absolute Gasteiger partial charge is 0.444 e. The van der Waals surface area contributed by atoms with Crippen LogP contribution < -0.4 is 10.6 Å². The SMILES string of the molecule is CC(C)(C)OC(=O)NCCNC(=O)c1ccc(-n2ccc(C(F)(F)F)n2)cc1. The van der Waals surface area contributed by atoms with Crippen LogP contribution >= 0.6 is 0 Å². The van der Waals surface area contributed by atoms with Crippen LogP contribution in [0.2, 0.25) is 0 Å². The number of nitrogens with zero attached hydrogens (tertiary/aromatic N) is 2. The molecule has 7 nitrogen and oxygen atoms in total. The zero-order valence-corrected chi connectivity index (χ0v) is 15.6. The Morgan fingerprint density at radius 3 is 2.18 bits per heavy atom. The number of carbonyl (C=O) groups excluding carboxylic acids is 2. The maximum absolute atomic E-state index is 12.6. The number of aromatic nitrogens is 2. The third-order valence-corrected chi connectivity index (χ3v) is 3.35. The van der Waals surface area contributed by atoms with Crippen LogP contribution in [0.15, 0.2) is 36.5 Å². The van der Waals surface area contributed by atoms with E-state index in [1.165, 1.54) is 30.5 Å². The minimum Gasteiger partial charge on any atom is -0.444 e. The van der Waals surface area contributed by atoms with Crippen molar-refractivity contribution < 1.29 is 27.5 Å². The van der Waals surface area contributed by atoms with Crippen molar-refractivity contribution in [2.75, 3.05) is 13.1 Å². The fourth-order valence-corrected chi connectivity index (χ4v) is 2.14. The predicted octanol–water partition coefficient (Wildman–Crippen LogP) is 3.15. The summed E-state index contributed by atoms with van der Waals surface area (Å²) >= 11 is 0. The third kappa shape index (κ3) is 6.29. The summed E-state index contributed by atoms with van der Waals surface area (Å²) in [6.45, 7) is 5.60. The minimum absolute atomic E-state index is 0.187. The number of carbonyl (C=O) groups is 2. The van der Waals surface area contributed by atoms with E-state index >= 15 is 0 Å². The number of rotatable bonds is 5. The van der Waals surface area contributed by atoms with E-state index in [2.05, 4.69) is 15.7 Å². The standard InChI is InChI=1S/C18H21F3N4O3/c1-17(2,3)28-16(27)23-10-9-22-15(26)12-4-6-13(7-5-12)25-11-8-14(24-25)18(19,20)21/h4-8,11H,9-10H2,1-3H3,(H,22,26)(H,23,27). The van der Waals surface area contributed by atoms with Crippen LogP contribution in [0, 0.1) is 0 Å². The number of hydrogen-bond donors (Lipinski definition) is 2. The van der Waals surface area contributed by atoms with Gasteiger partial charge < -0.3 is 15.4 Å². The predicted molar refractivity (Wildman–Crippen MR) is 95.1 cm³/mol. The van der Waals surface area contributed by atoms with E-state index in [1.807, 2.05) is 0 Å². The first-order chi connectivity index (χ1) is 13.0. The van der Waals surface area contributed by atoms with Crippen molar-refractivity contribution in [1.82, 2.24) is 20.4 Å². The van der Waals surface area contributed by atoms with Gasteiger partial charge in [-0.3, -0.25) is 4.79 Å². The molecule has 28 heavy (non-hydrogen) atoms. The minimum atomic E-state index is -4.52. The van der Waals surface area contributed by atoms with Gasteiger partial charge in [0.05, 0.1) is 5.69 Å². The molecule has 2 aromatic rings. The van der Waals surface area contributed by atoms with E-state index in [4.69, 9.17) is 4.74 Å². The van der Waals surface area contributed by atoms with Gasteiger partial charge >= 0.3 is 12.3 Å². The lowest BCUT2D eigenvalue weighted by atomic mass is 10.2. The van der Waals surface area contributed by atoms with Crippen LogP contribution in [0.5, 0.6) is 0 Å². The molecule has 2 rings (SSSR count).